The lowest BCUT2D eigenvalue weighted by molar-refractivity contribution is -0.323. The molecule has 3 rings (SSSR count). The number of rotatable bonds is 0. The van der Waals surface area contributed by atoms with Crippen molar-refractivity contribution in [3.63, 3.8) is 0 Å². The summed E-state index contributed by atoms with van der Waals surface area (Å²) in [6, 6.07) is 0. The van der Waals surface area contributed by atoms with Crippen LogP contribution in [-0.2, 0) is 18.1 Å². The van der Waals surface area contributed by atoms with Crippen molar-refractivity contribution in [2.75, 3.05) is 0 Å². The van der Waals surface area contributed by atoms with Gasteiger partial charge in [-0.1, -0.05) is 0 Å². The Labute approximate surface area is 50.1 Å². The molecule has 0 aromatic heterocycles. The van der Waals surface area contributed by atoms with Crippen molar-refractivity contribution in [2.24, 2.45) is 5.73 Å². The molecule has 9 heavy (non-hydrogen) atoms. The largest absolute Gasteiger partial charge is 0.485 e. The summed E-state index contributed by atoms with van der Waals surface area (Å²) in [5.41, 5.74) is 5.04. The van der Waals surface area contributed by atoms with Gasteiger partial charge in [-0.05, 0) is 0 Å². The number of nitrogens with two attached hydrogens (primary N) is 1. The zero-order valence-electron chi connectivity index (χ0n) is 4.18. The normalized spacial score (nSPS) is 63.6. The maximum atomic E-state index is 10.6. The summed E-state index contributed by atoms with van der Waals surface area (Å²) < 4.78 is 23.5. The van der Waals surface area contributed by atoms with Crippen molar-refractivity contribution in [1.82, 2.24) is 0 Å². The first-order valence-electron chi connectivity index (χ1n) is 2.22. The van der Waals surface area contributed by atoms with Gasteiger partial charge in [0.05, 0.1) is 0 Å². The minimum Gasteiger partial charge on any atom is -0.339 e. The van der Waals surface area contributed by atoms with Gasteiger partial charge in [0.1, 0.15) is 0 Å². The van der Waals surface area contributed by atoms with Crippen LogP contribution in [0.3, 0.4) is 0 Å². The SMILES string of the molecule is NC1OP2(=O)OC1(O)O2. The summed E-state index contributed by atoms with van der Waals surface area (Å²) in [6.45, 7) is 0. The molecule has 3 N–H and O–H groups in total. The predicted molar refractivity (Wildman–Crippen MR) is 23.8 cm³/mol. The highest BCUT2D eigenvalue weighted by atomic mass is 31.2. The van der Waals surface area contributed by atoms with E-state index >= 15 is 0 Å². The number of phosphoric acid groups is 1. The van der Waals surface area contributed by atoms with Crippen LogP contribution in [0.2, 0.25) is 0 Å². The third-order valence-electron chi connectivity index (χ3n) is 1.09. The highest BCUT2D eigenvalue weighted by molar-refractivity contribution is 7.50. The third kappa shape index (κ3) is 0.551. The first-order chi connectivity index (χ1) is 4.04. The van der Waals surface area contributed by atoms with E-state index in [4.69, 9.17) is 10.8 Å². The monoisotopic (exact) mass is 153 g/mol. The molecule has 6 nitrogen and oxygen atoms in total. The summed E-state index contributed by atoms with van der Waals surface area (Å²) in [5.74, 6) is -1.95. The average molecular weight is 153 g/mol. The van der Waals surface area contributed by atoms with Gasteiger partial charge < -0.3 is 5.11 Å². The van der Waals surface area contributed by atoms with Crippen molar-refractivity contribution in [3.05, 3.63) is 0 Å². The summed E-state index contributed by atoms with van der Waals surface area (Å²) in [7, 11) is -3.40. The van der Waals surface area contributed by atoms with Crippen molar-refractivity contribution in [1.29, 1.82) is 0 Å². The smallest absolute Gasteiger partial charge is 0.339 e. The highest BCUT2D eigenvalue weighted by Gasteiger charge is 2.70. The van der Waals surface area contributed by atoms with Crippen LogP contribution >= 0.6 is 7.82 Å². The maximum Gasteiger partial charge on any atom is 0.485 e. The van der Waals surface area contributed by atoms with Gasteiger partial charge in [0.25, 0.3) is 0 Å². The molecule has 0 aliphatic carbocycles. The molecule has 3 heterocycles. The van der Waals surface area contributed by atoms with E-state index in [2.05, 4.69) is 13.6 Å². The van der Waals surface area contributed by atoms with E-state index in [0.29, 0.717) is 0 Å². The van der Waals surface area contributed by atoms with Gasteiger partial charge in [-0.15, -0.1) is 0 Å². The molecule has 0 saturated carbocycles. The summed E-state index contributed by atoms with van der Waals surface area (Å²) in [6.07, 6.45) is -1.15. The van der Waals surface area contributed by atoms with Gasteiger partial charge in [-0.25, -0.2) is 13.6 Å². The van der Waals surface area contributed by atoms with Crippen molar-refractivity contribution in [3.8, 4) is 0 Å². The number of hydrogen-bond donors (Lipinski definition) is 2. The molecule has 3 fully saturated rings. The zero-order valence-corrected chi connectivity index (χ0v) is 5.08. The van der Waals surface area contributed by atoms with Crippen LogP contribution in [0.1, 0.15) is 0 Å². The molecular weight excluding hydrogens is 149 g/mol. The van der Waals surface area contributed by atoms with Crippen LogP contribution in [-0.4, -0.2) is 17.3 Å². The fourth-order valence-electron chi connectivity index (χ4n) is 0.680. The molecule has 1 unspecified atom stereocenters. The highest BCUT2D eigenvalue weighted by Crippen LogP contribution is 2.72. The molecule has 3 saturated heterocycles. The number of hydrogen-bond acceptors (Lipinski definition) is 6. The van der Waals surface area contributed by atoms with E-state index in [1.807, 2.05) is 0 Å². The standard InChI is InChI=1S/C2H4NO5P/c3-1-2(4)7-9(5,6-1)8-2/h1,4H,3H2. The maximum absolute atomic E-state index is 10.6. The zero-order chi connectivity index (χ0) is 6.70. The first-order valence-corrected chi connectivity index (χ1v) is 3.68. The second kappa shape index (κ2) is 1.22. The Kier molecular flexibility index (Phi) is 0.785. The molecule has 2 bridgehead atoms. The van der Waals surface area contributed by atoms with Crippen LogP contribution in [0.4, 0.5) is 0 Å². The average Bonchev–Trinajstić information content (AvgIpc) is 1.85. The molecule has 1 atom stereocenters. The Morgan fingerprint density at radius 1 is 1.67 bits per heavy atom. The lowest BCUT2D eigenvalue weighted by Gasteiger charge is -2.28. The van der Waals surface area contributed by atoms with Crippen molar-refractivity contribution in [2.45, 2.75) is 12.2 Å². The topological polar surface area (TPSA) is 91.0 Å². The van der Waals surface area contributed by atoms with E-state index in [-0.39, 0.29) is 0 Å². The molecule has 3 aliphatic heterocycles. The van der Waals surface area contributed by atoms with Gasteiger partial charge in [0.15, 0.2) is 0 Å². The van der Waals surface area contributed by atoms with Gasteiger partial charge in [0, 0.05) is 0 Å². The van der Waals surface area contributed by atoms with E-state index in [1.165, 1.54) is 0 Å². The summed E-state index contributed by atoms with van der Waals surface area (Å²) >= 11 is 0. The molecule has 0 spiro atoms. The van der Waals surface area contributed by atoms with Gasteiger partial charge in [0.2, 0.25) is 6.23 Å². The van der Waals surface area contributed by atoms with Gasteiger partial charge >= 0.3 is 13.8 Å². The third-order valence-corrected chi connectivity index (χ3v) is 2.54. The second-order valence-corrected chi connectivity index (χ2v) is 3.26. The van der Waals surface area contributed by atoms with E-state index < -0.39 is 20.0 Å². The van der Waals surface area contributed by atoms with Crippen LogP contribution in [0.5, 0.6) is 0 Å². The molecule has 0 aromatic rings. The molecular formula is C2H4NO5P. The molecule has 7 heteroatoms. The van der Waals surface area contributed by atoms with Crippen molar-refractivity contribution < 1.29 is 23.2 Å². The van der Waals surface area contributed by atoms with Gasteiger partial charge in [-0.3, -0.25) is 10.3 Å². The number of fused-ring (bicyclic) bond motifs is 1. The lowest BCUT2D eigenvalue weighted by atomic mass is 10.5. The van der Waals surface area contributed by atoms with E-state index in [1.54, 1.807) is 0 Å². The Balaban J connectivity index is 2.34. The fraction of sp³-hybridized carbons (Fsp3) is 1.00. The molecule has 52 valence electrons. The number of aliphatic hydroxyl groups is 1. The van der Waals surface area contributed by atoms with E-state index in [9.17, 15) is 4.57 Å². The fourth-order valence-corrected chi connectivity index (χ4v) is 2.04. The minimum absolute atomic E-state index is 1.15. The Morgan fingerprint density at radius 2 is 2.22 bits per heavy atom. The summed E-state index contributed by atoms with van der Waals surface area (Å²) in [4.78, 5) is 0. The molecule has 0 amide bonds. The van der Waals surface area contributed by atoms with E-state index in [0.717, 1.165) is 0 Å². The molecule has 0 aromatic carbocycles. The van der Waals surface area contributed by atoms with Crippen LogP contribution in [0.15, 0.2) is 0 Å². The second-order valence-electron chi connectivity index (χ2n) is 1.79. The molecule has 0 radical (unpaired) electrons. The predicted octanol–water partition coefficient (Wildman–Crippen LogP) is -0.898. The molecule has 3 aliphatic rings. The van der Waals surface area contributed by atoms with Crippen molar-refractivity contribution >= 4 is 7.82 Å². The number of phosphoric ester groups is 1. The Morgan fingerprint density at radius 3 is 2.33 bits per heavy atom. The first kappa shape index (κ1) is 5.79. The Bertz CT molecular complexity index is 185. The lowest BCUT2D eigenvalue weighted by Crippen LogP contribution is -2.48. The Hall–Kier alpha value is 0.0300. The van der Waals surface area contributed by atoms with Crippen LogP contribution < -0.4 is 5.73 Å². The quantitative estimate of drug-likeness (QED) is 0.438. The minimum atomic E-state index is -3.40. The van der Waals surface area contributed by atoms with Crippen LogP contribution in [0, 0.1) is 0 Å². The summed E-state index contributed by atoms with van der Waals surface area (Å²) in [5, 5.41) is 8.83. The van der Waals surface area contributed by atoms with Crippen LogP contribution in [0.25, 0.3) is 0 Å². The van der Waals surface area contributed by atoms with Gasteiger partial charge in [-0.2, -0.15) is 0 Å².